The van der Waals surface area contributed by atoms with Crippen LogP contribution < -0.4 is 9.64 Å². The quantitative estimate of drug-likeness (QED) is 0.563. The maximum absolute atomic E-state index is 13.4. The molecule has 1 saturated heterocycles. The summed E-state index contributed by atoms with van der Waals surface area (Å²) in [6.45, 7) is 8.57. The highest BCUT2D eigenvalue weighted by Gasteiger charge is 2.31. The Balaban J connectivity index is 1.29. The molecule has 1 fully saturated rings. The van der Waals surface area contributed by atoms with E-state index in [2.05, 4.69) is 87.8 Å². The van der Waals surface area contributed by atoms with E-state index in [4.69, 9.17) is 4.74 Å². The summed E-state index contributed by atoms with van der Waals surface area (Å²) in [6, 6.07) is 19.1. The van der Waals surface area contributed by atoms with Gasteiger partial charge in [-0.2, -0.15) is 11.3 Å². The summed E-state index contributed by atoms with van der Waals surface area (Å²) < 4.78 is 6.43. The third-order valence-electron chi connectivity index (χ3n) is 6.65. The lowest BCUT2D eigenvalue weighted by Gasteiger charge is -2.41. The van der Waals surface area contributed by atoms with Crippen LogP contribution in [0.15, 0.2) is 65.4 Å². The highest BCUT2D eigenvalue weighted by atomic mass is 32.1. The van der Waals surface area contributed by atoms with E-state index in [-0.39, 0.29) is 18.1 Å². The van der Waals surface area contributed by atoms with Crippen molar-refractivity contribution in [2.75, 3.05) is 37.6 Å². The normalized spacial score (nSPS) is 21.3. The van der Waals surface area contributed by atoms with Crippen molar-refractivity contribution in [3.8, 4) is 5.75 Å². The SMILES string of the molecule is Cc1ccc2c(c1)CN(CC(=O)N1CCN(c3ccccc3)CC1C)CC(c1ccsc1)O2. The number of rotatable bonds is 4. The van der Waals surface area contributed by atoms with Gasteiger partial charge >= 0.3 is 0 Å². The Morgan fingerprint density at radius 1 is 1.09 bits per heavy atom. The smallest absolute Gasteiger partial charge is 0.237 e. The van der Waals surface area contributed by atoms with E-state index < -0.39 is 0 Å². The molecule has 1 amide bonds. The standard InChI is InChI=1S/C27H31N3O2S/c1-20-8-9-25-23(14-20)16-28(17-26(32-25)22-10-13-33-19-22)18-27(31)30-12-11-29(15-21(30)2)24-6-4-3-5-7-24/h3-10,13-14,19,21,26H,11-12,15-18H2,1-2H3. The minimum absolute atomic E-state index is 0.0691. The molecule has 0 aliphatic carbocycles. The van der Waals surface area contributed by atoms with Crippen molar-refractivity contribution in [1.82, 2.24) is 9.80 Å². The molecule has 5 rings (SSSR count). The zero-order valence-corrected chi connectivity index (χ0v) is 20.1. The lowest BCUT2D eigenvalue weighted by molar-refractivity contribution is -0.135. The van der Waals surface area contributed by atoms with Crippen molar-refractivity contribution in [1.29, 1.82) is 0 Å². The summed E-state index contributed by atoms with van der Waals surface area (Å²) in [5.41, 5.74) is 4.77. The molecule has 0 radical (unpaired) electrons. The second-order valence-electron chi connectivity index (χ2n) is 9.16. The van der Waals surface area contributed by atoms with Gasteiger partial charge in [0.05, 0.1) is 6.54 Å². The number of amides is 1. The fraction of sp³-hybridized carbons (Fsp3) is 0.370. The van der Waals surface area contributed by atoms with E-state index in [1.54, 1.807) is 11.3 Å². The van der Waals surface area contributed by atoms with Crippen molar-refractivity contribution >= 4 is 22.9 Å². The number of fused-ring (bicyclic) bond motifs is 1. The molecular weight excluding hydrogens is 430 g/mol. The predicted octanol–water partition coefficient (Wildman–Crippen LogP) is 4.73. The molecule has 33 heavy (non-hydrogen) atoms. The second kappa shape index (κ2) is 9.57. The number of piperazine rings is 1. The number of thiophene rings is 1. The van der Waals surface area contributed by atoms with Gasteiger partial charge in [0.2, 0.25) is 5.91 Å². The van der Waals surface area contributed by atoms with Crippen LogP contribution in [0.3, 0.4) is 0 Å². The van der Waals surface area contributed by atoms with Crippen molar-refractivity contribution in [2.24, 2.45) is 0 Å². The number of para-hydroxylation sites is 1. The molecule has 2 aliphatic rings. The molecule has 2 unspecified atom stereocenters. The molecule has 2 atom stereocenters. The highest BCUT2D eigenvalue weighted by molar-refractivity contribution is 7.07. The van der Waals surface area contributed by atoms with Crippen LogP contribution in [0.5, 0.6) is 5.75 Å². The van der Waals surface area contributed by atoms with Crippen molar-refractivity contribution < 1.29 is 9.53 Å². The average molecular weight is 462 g/mol. The average Bonchev–Trinajstić information content (AvgIpc) is 3.29. The van der Waals surface area contributed by atoms with Crippen LogP contribution in [-0.2, 0) is 11.3 Å². The van der Waals surface area contributed by atoms with Crippen LogP contribution >= 0.6 is 11.3 Å². The van der Waals surface area contributed by atoms with E-state index in [1.807, 2.05) is 6.07 Å². The molecule has 0 N–H and O–H groups in total. The molecular formula is C27H31N3O2S. The monoisotopic (exact) mass is 461 g/mol. The topological polar surface area (TPSA) is 36.0 Å². The lowest BCUT2D eigenvalue weighted by atomic mass is 10.1. The summed E-state index contributed by atoms with van der Waals surface area (Å²) in [4.78, 5) is 20.1. The maximum Gasteiger partial charge on any atom is 0.237 e. The Morgan fingerprint density at radius 3 is 2.70 bits per heavy atom. The van der Waals surface area contributed by atoms with Gasteiger partial charge in [-0.25, -0.2) is 0 Å². The largest absolute Gasteiger partial charge is 0.484 e. The van der Waals surface area contributed by atoms with Gasteiger partial charge in [0, 0.05) is 55.6 Å². The summed E-state index contributed by atoms with van der Waals surface area (Å²) >= 11 is 1.68. The first-order valence-corrected chi connectivity index (χ1v) is 12.6. The number of ether oxygens (including phenoxy) is 1. The van der Waals surface area contributed by atoms with Gasteiger partial charge in [-0.15, -0.1) is 0 Å². The number of benzene rings is 2. The second-order valence-corrected chi connectivity index (χ2v) is 9.94. The molecule has 172 valence electrons. The Morgan fingerprint density at radius 2 is 1.94 bits per heavy atom. The molecule has 1 aromatic heterocycles. The van der Waals surface area contributed by atoms with Crippen molar-refractivity contribution in [3.05, 3.63) is 82.0 Å². The first-order valence-electron chi connectivity index (χ1n) is 11.7. The molecule has 0 spiro atoms. The highest BCUT2D eigenvalue weighted by Crippen LogP contribution is 2.32. The van der Waals surface area contributed by atoms with Gasteiger partial charge in [0.25, 0.3) is 0 Å². The molecule has 5 nitrogen and oxygen atoms in total. The number of hydrogen-bond acceptors (Lipinski definition) is 5. The number of carbonyl (C=O) groups excluding carboxylic acids is 1. The van der Waals surface area contributed by atoms with Gasteiger partial charge < -0.3 is 14.5 Å². The van der Waals surface area contributed by atoms with Crippen LogP contribution in [0, 0.1) is 6.92 Å². The maximum atomic E-state index is 13.4. The van der Waals surface area contributed by atoms with Crippen LogP contribution in [0.25, 0.3) is 0 Å². The number of anilines is 1. The first-order chi connectivity index (χ1) is 16.1. The third-order valence-corrected chi connectivity index (χ3v) is 7.35. The molecule has 0 bridgehead atoms. The minimum atomic E-state index is -0.0691. The zero-order chi connectivity index (χ0) is 22.8. The van der Waals surface area contributed by atoms with Gasteiger partial charge in [-0.3, -0.25) is 9.69 Å². The van der Waals surface area contributed by atoms with Gasteiger partial charge in [0.1, 0.15) is 11.9 Å². The molecule has 2 aliphatic heterocycles. The Bertz CT molecular complexity index is 1090. The van der Waals surface area contributed by atoms with E-state index in [1.165, 1.54) is 16.8 Å². The number of hydrogen-bond donors (Lipinski definition) is 0. The number of aryl methyl sites for hydroxylation is 1. The molecule has 2 aromatic carbocycles. The Hall–Kier alpha value is -2.83. The number of nitrogens with zero attached hydrogens (tertiary/aromatic N) is 3. The zero-order valence-electron chi connectivity index (χ0n) is 19.3. The molecule has 0 saturated carbocycles. The first kappa shape index (κ1) is 22.0. The molecule has 3 heterocycles. The Labute approximate surface area is 200 Å². The Kier molecular flexibility index (Phi) is 6.38. The lowest BCUT2D eigenvalue weighted by Crippen LogP contribution is -2.56. The molecule has 3 aromatic rings. The van der Waals surface area contributed by atoms with Gasteiger partial charge in [-0.05, 0) is 48.9 Å². The van der Waals surface area contributed by atoms with Gasteiger partial charge in [0.15, 0.2) is 0 Å². The fourth-order valence-electron chi connectivity index (χ4n) is 4.91. The van der Waals surface area contributed by atoms with E-state index in [0.717, 1.165) is 37.5 Å². The van der Waals surface area contributed by atoms with Crippen molar-refractivity contribution in [3.63, 3.8) is 0 Å². The predicted molar refractivity (Wildman–Crippen MR) is 134 cm³/mol. The van der Waals surface area contributed by atoms with E-state index in [9.17, 15) is 4.79 Å². The minimum Gasteiger partial charge on any atom is -0.484 e. The summed E-state index contributed by atoms with van der Waals surface area (Å²) in [6.07, 6.45) is -0.0691. The summed E-state index contributed by atoms with van der Waals surface area (Å²) in [7, 11) is 0. The third kappa shape index (κ3) is 4.92. The molecule has 6 heteroatoms. The van der Waals surface area contributed by atoms with E-state index in [0.29, 0.717) is 13.1 Å². The van der Waals surface area contributed by atoms with Crippen molar-refractivity contribution in [2.45, 2.75) is 32.5 Å². The van der Waals surface area contributed by atoms with Crippen LogP contribution in [0.4, 0.5) is 5.69 Å². The fourth-order valence-corrected chi connectivity index (χ4v) is 5.61. The van der Waals surface area contributed by atoms with Crippen LogP contribution in [0.1, 0.15) is 29.7 Å². The summed E-state index contributed by atoms with van der Waals surface area (Å²) in [5, 5.41) is 4.23. The number of carbonyl (C=O) groups is 1. The van der Waals surface area contributed by atoms with Crippen LogP contribution in [-0.4, -0.2) is 54.5 Å². The van der Waals surface area contributed by atoms with E-state index >= 15 is 0 Å². The summed E-state index contributed by atoms with van der Waals surface area (Å²) in [5.74, 6) is 1.13. The van der Waals surface area contributed by atoms with Crippen LogP contribution in [0.2, 0.25) is 0 Å². The van der Waals surface area contributed by atoms with Gasteiger partial charge in [-0.1, -0.05) is 35.9 Å².